The zero-order valence-corrected chi connectivity index (χ0v) is 13.6. The molecular weight excluding hydrogens is 294 g/mol. The second kappa shape index (κ2) is 6.41. The van der Waals surface area contributed by atoms with E-state index in [2.05, 4.69) is 10.1 Å². The van der Waals surface area contributed by atoms with Gasteiger partial charge in [-0.15, -0.1) is 0 Å². The summed E-state index contributed by atoms with van der Waals surface area (Å²) in [6, 6.07) is 0. The van der Waals surface area contributed by atoms with Crippen LogP contribution in [0.25, 0.3) is 0 Å². The van der Waals surface area contributed by atoms with Gasteiger partial charge in [0.1, 0.15) is 0 Å². The van der Waals surface area contributed by atoms with E-state index in [1.807, 2.05) is 0 Å². The highest BCUT2D eigenvalue weighted by atomic mass is 32.2. The van der Waals surface area contributed by atoms with Gasteiger partial charge >= 0.3 is 0 Å². The molecule has 0 unspecified atom stereocenters. The summed E-state index contributed by atoms with van der Waals surface area (Å²) in [7, 11) is -1.57. The number of hydrogen-bond donors (Lipinski definition) is 0. The fourth-order valence-electron chi connectivity index (χ4n) is 2.82. The molecule has 7 nitrogen and oxygen atoms in total. The van der Waals surface area contributed by atoms with Crippen molar-refractivity contribution < 1.29 is 17.7 Å². The highest BCUT2D eigenvalue weighted by Gasteiger charge is 2.43. The molecule has 0 bridgehead atoms. The monoisotopic (exact) mass is 317 g/mol. The lowest BCUT2D eigenvalue weighted by atomic mass is 9.77. The molecule has 0 spiro atoms. The minimum Gasteiger partial charge on any atom is -0.385 e. The lowest BCUT2D eigenvalue weighted by Crippen LogP contribution is -2.50. The second-order valence-corrected chi connectivity index (χ2v) is 7.76. The van der Waals surface area contributed by atoms with E-state index in [4.69, 9.17) is 9.26 Å². The standard InChI is InChI=1S/C13H23N3O4S/c1-4-21(17,18)16-8-5-6-13(10-16,7-9-19-3)12-14-11(2)20-15-12/h4-10H2,1-3H3/t13-/m1/s1. The van der Waals surface area contributed by atoms with Crippen molar-refractivity contribution in [2.24, 2.45) is 0 Å². The fourth-order valence-corrected chi connectivity index (χ4v) is 4.04. The van der Waals surface area contributed by atoms with Gasteiger partial charge in [-0.25, -0.2) is 12.7 Å². The van der Waals surface area contributed by atoms with Crippen molar-refractivity contribution in [1.29, 1.82) is 0 Å². The van der Waals surface area contributed by atoms with Crippen LogP contribution in [0.5, 0.6) is 0 Å². The molecule has 0 radical (unpaired) electrons. The molecule has 0 saturated carbocycles. The van der Waals surface area contributed by atoms with E-state index in [0.29, 0.717) is 37.8 Å². The minimum atomic E-state index is -3.21. The summed E-state index contributed by atoms with van der Waals surface area (Å²) < 4.78 is 36.2. The summed E-state index contributed by atoms with van der Waals surface area (Å²) in [6.45, 7) is 4.89. The van der Waals surface area contributed by atoms with Gasteiger partial charge in [0.15, 0.2) is 5.82 Å². The number of aryl methyl sites for hydroxylation is 1. The van der Waals surface area contributed by atoms with E-state index < -0.39 is 15.4 Å². The molecule has 0 amide bonds. The molecule has 21 heavy (non-hydrogen) atoms. The Morgan fingerprint density at radius 3 is 2.81 bits per heavy atom. The Morgan fingerprint density at radius 2 is 2.24 bits per heavy atom. The first kappa shape index (κ1) is 16.4. The highest BCUT2D eigenvalue weighted by Crippen LogP contribution is 2.36. The van der Waals surface area contributed by atoms with Gasteiger partial charge in [-0.05, 0) is 26.2 Å². The number of ether oxygens (including phenoxy) is 1. The number of nitrogens with zero attached hydrogens (tertiary/aromatic N) is 3. The van der Waals surface area contributed by atoms with E-state index in [-0.39, 0.29) is 5.75 Å². The molecule has 1 aromatic rings. The summed E-state index contributed by atoms with van der Waals surface area (Å²) in [5.41, 5.74) is -0.422. The van der Waals surface area contributed by atoms with Crippen LogP contribution in [0.1, 0.15) is 37.9 Å². The molecular formula is C13H23N3O4S. The third-order valence-electron chi connectivity index (χ3n) is 4.09. The van der Waals surface area contributed by atoms with Crippen LogP contribution in [0, 0.1) is 6.92 Å². The second-order valence-electron chi connectivity index (χ2n) is 5.50. The molecule has 120 valence electrons. The van der Waals surface area contributed by atoms with Gasteiger partial charge in [0.25, 0.3) is 0 Å². The summed E-state index contributed by atoms with van der Waals surface area (Å²) >= 11 is 0. The minimum absolute atomic E-state index is 0.110. The number of hydrogen-bond acceptors (Lipinski definition) is 6. The normalized spacial score (nSPS) is 24.3. The van der Waals surface area contributed by atoms with Crippen molar-refractivity contribution in [1.82, 2.24) is 14.4 Å². The van der Waals surface area contributed by atoms with Gasteiger partial charge in [-0.2, -0.15) is 4.98 Å². The summed E-state index contributed by atoms with van der Waals surface area (Å²) in [5, 5.41) is 4.04. The molecule has 1 aliphatic heterocycles. The third kappa shape index (κ3) is 3.44. The molecule has 2 heterocycles. The lowest BCUT2D eigenvalue weighted by Gasteiger charge is -2.40. The predicted octanol–water partition coefficient (Wildman–Crippen LogP) is 1.10. The number of aromatic nitrogens is 2. The van der Waals surface area contributed by atoms with Gasteiger partial charge < -0.3 is 9.26 Å². The summed E-state index contributed by atoms with van der Waals surface area (Å²) in [6.07, 6.45) is 2.31. The summed E-state index contributed by atoms with van der Waals surface area (Å²) in [5.74, 6) is 1.20. The van der Waals surface area contributed by atoms with Crippen molar-refractivity contribution in [2.75, 3.05) is 32.6 Å². The zero-order chi connectivity index (χ0) is 15.5. The van der Waals surface area contributed by atoms with Crippen molar-refractivity contribution in [3.63, 3.8) is 0 Å². The largest absolute Gasteiger partial charge is 0.385 e. The fraction of sp³-hybridized carbons (Fsp3) is 0.846. The van der Waals surface area contributed by atoms with Crippen LogP contribution < -0.4 is 0 Å². The van der Waals surface area contributed by atoms with E-state index in [9.17, 15) is 8.42 Å². The van der Waals surface area contributed by atoms with Crippen LogP contribution in [0.15, 0.2) is 4.52 Å². The van der Waals surface area contributed by atoms with Crippen molar-refractivity contribution in [2.45, 2.75) is 38.5 Å². The quantitative estimate of drug-likeness (QED) is 0.781. The smallest absolute Gasteiger partial charge is 0.223 e. The Labute approximate surface area is 125 Å². The van der Waals surface area contributed by atoms with Crippen molar-refractivity contribution in [3.8, 4) is 0 Å². The molecule has 1 fully saturated rings. The maximum atomic E-state index is 12.2. The Hall–Kier alpha value is -0.990. The first-order valence-electron chi connectivity index (χ1n) is 7.21. The number of piperidine rings is 1. The molecule has 2 rings (SSSR count). The molecule has 1 aromatic heterocycles. The van der Waals surface area contributed by atoms with Crippen LogP contribution >= 0.6 is 0 Å². The molecule has 8 heteroatoms. The molecule has 1 saturated heterocycles. The van der Waals surface area contributed by atoms with Crippen molar-refractivity contribution in [3.05, 3.63) is 11.7 Å². The van der Waals surface area contributed by atoms with Crippen molar-refractivity contribution >= 4 is 10.0 Å². The van der Waals surface area contributed by atoms with Crippen LogP contribution in [0.4, 0.5) is 0 Å². The summed E-state index contributed by atoms with van der Waals surface area (Å²) in [4.78, 5) is 4.35. The number of methoxy groups -OCH3 is 1. The first-order chi connectivity index (χ1) is 9.93. The number of rotatable bonds is 6. The van der Waals surface area contributed by atoms with Gasteiger partial charge in [-0.1, -0.05) is 5.16 Å². The maximum absolute atomic E-state index is 12.2. The van der Waals surface area contributed by atoms with Crippen LogP contribution in [0.2, 0.25) is 0 Å². The zero-order valence-electron chi connectivity index (χ0n) is 12.8. The van der Waals surface area contributed by atoms with Gasteiger partial charge in [0.05, 0.1) is 5.75 Å². The Morgan fingerprint density at radius 1 is 1.48 bits per heavy atom. The molecule has 0 aromatic carbocycles. The molecule has 0 N–H and O–H groups in total. The van der Waals surface area contributed by atoms with Gasteiger partial charge in [0.2, 0.25) is 15.9 Å². The van der Waals surface area contributed by atoms with Crippen LogP contribution in [-0.2, 0) is 20.2 Å². The predicted molar refractivity (Wildman–Crippen MR) is 77.5 cm³/mol. The Kier molecular flexibility index (Phi) is 5.00. The Balaban J connectivity index is 2.31. The first-order valence-corrected chi connectivity index (χ1v) is 8.82. The molecule has 1 atom stereocenters. The SMILES string of the molecule is CCS(=O)(=O)N1CCC[C@](CCOC)(c2noc(C)n2)C1. The molecule has 1 aliphatic rings. The average Bonchev–Trinajstić information content (AvgIpc) is 2.92. The maximum Gasteiger partial charge on any atom is 0.223 e. The van der Waals surface area contributed by atoms with Gasteiger partial charge in [-0.3, -0.25) is 0 Å². The lowest BCUT2D eigenvalue weighted by molar-refractivity contribution is 0.128. The topological polar surface area (TPSA) is 85.5 Å². The van der Waals surface area contributed by atoms with E-state index in [1.54, 1.807) is 25.3 Å². The van der Waals surface area contributed by atoms with E-state index >= 15 is 0 Å². The number of sulfonamides is 1. The van der Waals surface area contributed by atoms with Crippen LogP contribution in [-0.4, -0.2) is 55.4 Å². The molecule has 0 aliphatic carbocycles. The van der Waals surface area contributed by atoms with Gasteiger partial charge in [0, 0.05) is 39.1 Å². The average molecular weight is 317 g/mol. The third-order valence-corrected chi connectivity index (χ3v) is 5.91. The van der Waals surface area contributed by atoms with E-state index in [0.717, 1.165) is 12.8 Å². The van der Waals surface area contributed by atoms with Crippen LogP contribution in [0.3, 0.4) is 0 Å². The Bertz CT molecular complexity index is 572. The highest BCUT2D eigenvalue weighted by molar-refractivity contribution is 7.89. The van der Waals surface area contributed by atoms with E-state index in [1.165, 1.54) is 0 Å².